The number of sulfonamides is 1. The molecular formula is C24H23N3O4S. The summed E-state index contributed by atoms with van der Waals surface area (Å²) in [5, 5.41) is 4.72. The molecule has 0 aliphatic rings. The van der Waals surface area contributed by atoms with E-state index in [4.69, 9.17) is 14.6 Å². The van der Waals surface area contributed by atoms with Gasteiger partial charge in [-0.3, -0.25) is 0 Å². The van der Waals surface area contributed by atoms with Crippen LogP contribution in [-0.2, 0) is 16.6 Å². The molecular weight excluding hydrogens is 426 g/mol. The summed E-state index contributed by atoms with van der Waals surface area (Å²) >= 11 is 0. The number of aromatic nitrogens is 2. The third-order valence-corrected chi connectivity index (χ3v) is 6.41. The number of rotatable bonds is 8. The van der Waals surface area contributed by atoms with Crippen molar-refractivity contribution in [2.45, 2.75) is 11.4 Å². The van der Waals surface area contributed by atoms with Crippen LogP contribution in [0.4, 0.5) is 0 Å². The van der Waals surface area contributed by atoms with Gasteiger partial charge >= 0.3 is 0 Å². The fourth-order valence-corrected chi connectivity index (χ4v) is 4.49. The molecule has 7 nitrogen and oxygen atoms in total. The summed E-state index contributed by atoms with van der Waals surface area (Å²) in [6, 6.07) is 23.9. The smallest absolute Gasteiger partial charge is 0.244 e. The lowest BCUT2D eigenvalue weighted by molar-refractivity contribution is 0.386. The van der Waals surface area contributed by atoms with Crippen LogP contribution in [0, 0.1) is 0 Å². The molecule has 3 aromatic carbocycles. The maximum Gasteiger partial charge on any atom is 0.244 e. The second kappa shape index (κ2) is 9.25. The van der Waals surface area contributed by atoms with Crippen LogP contribution in [0.1, 0.15) is 5.56 Å². The second-order valence-electron chi connectivity index (χ2n) is 6.99. The molecule has 164 valence electrons. The maximum atomic E-state index is 13.1. The van der Waals surface area contributed by atoms with E-state index in [-0.39, 0.29) is 17.2 Å². The van der Waals surface area contributed by atoms with Gasteiger partial charge in [0.2, 0.25) is 10.0 Å². The summed E-state index contributed by atoms with van der Waals surface area (Å²) in [5.41, 5.74) is 3.24. The Bertz CT molecular complexity index is 1300. The molecule has 0 spiro atoms. The molecule has 0 amide bonds. The first-order chi connectivity index (χ1) is 15.5. The van der Waals surface area contributed by atoms with Crippen LogP contribution in [0.2, 0.25) is 0 Å². The van der Waals surface area contributed by atoms with E-state index in [1.165, 1.54) is 26.4 Å². The molecule has 32 heavy (non-hydrogen) atoms. The summed E-state index contributed by atoms with van der Waals surface area (Å²) in [6.45, 7) is 0.0641. The first kappa shape index (κ1) is 21.6. The average Bonchev–Trinajstić information content (AvgIpc) is 3.28. The van der Waals surface area contributed by atoms with Crippen molar-refractivity contribution in [1.29, 1.82) is 0 Å². The fraction of sp³-hybridized carbons (Fsp3) is 0.125. The SMILES string of the molecule is COc1ccc(S(=O)(=O)NCc2cn(-c3ccccc3)nc2-c2ccccc2)c(OC)c1. The Morgan fingerprint density at radius 2 is 1.59 bits per heavy atom. The molecule has 0 bridgehead atoms. The standard InChI is InChI=1S/C24H23N3O4S/c1-30-21-13-14-23(22(15-21)31-2)32(28,29)25-16-19-17-27(20-11-7-4-8-12-20)26-24(19)18-9-5-3-6-10-18/h3-15,17,25H,16H2,1-2H3. The zero-order valence-corrected chi connectivity index (χ0v) is 18.5. The quantitative estimate of drug-likeness (QED) is 0.439. The van der Waals surface area contributed by atoms with Crippen LogP contribution >= 0.6 is 0 Å². The van der Waals surface area contributed by atoms with E-state index >= 15 is 0 Å². The van der Waals surface area contributed by atoms with E-state index in [0.717, 1.165) is 16.8 Å². The lowest BCUT2D eigenvalue weighted by atomic mass is 10.1. The number of nitrogens with zero attached hydrogens (tertiary/aromatic N) is 2. The molecule has 1 N–H and O–H groups in total. The summed E-state index contributed by atoms with van der Waals surface area (Å²) in [6.07, 6.45) is 1.84. The van der Waals surface area contributed by atoms with Gasteiger partial charge in [-0.15, -0.1) is 0 Å². The molecule has 0 aliphatic heterocycles. The Morgan fingerprint density at radius 3 is 2.25 bits per heavy atom. The van der Waals surface area contributed by atoms with Gasteiger partial charge in [0.15, 0.2) is 0 Å². The van der Waals surface area contributed by atoms with Crippen molar-refractivity contribution < 1.29 is 17.9 Å². The van der Waals surface area contributed by atoms with Crippen LogP contribution in [0.5, 0.6) is 11.5 Å². The second-order valence-corrected chi connectivity index (χ2v) is 8.73. The van der Waals surface area contributed by atoms with E-state index in [0.29, 0.717) is 11.4 Å². The monoisotopic (exact) mass is 449 g/mol. The predicted molar refractivity (Wildman–Crippen MR) is 123 cm³/mol. The normalized spacial score (nSPS) is 11.3. The molecule has 0 saturated carbocycles. The van der Waals surface area contributed by atoms with E-state index in [1.54, 1.807) is 10.7 Å². The zero-order chi connectivity index (χ0) is 22.6. The van der Waals surface area contributed by atoms with Crippen molar-refractivity contribution >= 4 is 10.0 Å². The molecule has 0 unspecified atom stereocenters. The minimum atomic E-state index is -3.85. The molecule has 4 rings (SSSR count). The van der Waals surface area contributed by atoms with Gasteiger partial charge < -0.3 is 9.47 Å². The highest BCUT2D eigenvalue weighted by atomic mass is 32.2. The van der Waals surface area contributed by atoms with Crippen molar-refractivity contribution in [3.63, 3.8) is 0 Å². The molecule has 0 radical (unpaired) electrons. The molecule has 4 aromatic rings. The third kappa shape index (κ3) is 4.51. The Balaban J connectivity index is 1.67. The van der Waals surface area contributed by atoms with Crippen molar-refractivity contribution in [2.24, 2.45) is 0 Å². The molecule has 1 heterocycles. The van der Waals surface area contributed by atoms with E-state index < -0.39 is 10.0 Å². The molecule has 1 aromatic heterocycles. The van der Waals surface area contributed by atoms with Crippen LogP contribution in [0.15, 0.2) is 90.0 Å². The van der Waals surface area contributed by atoms with Crippen molar-refractivity contribution in [3.8, 4) is 28.4 Å². The van der Waals surface area contributed by atoms with Gasteiger partial charge in [-0.25, -0.2) is 17.8 Å². The Hall–Kier alpha value is -3.62. The molecule has 8 heteroatoms. The Kier molecular flexibility index (Phi) is 6.25. The fourth-order valence-electron chi connectivity index (χ4n) is 3.34. The average molecular weight is 450 g/mol. The number of methoxy groups -OCH3 is 2. The van der Waals surface area contributed by atoms with Gasteiger partial charge in [-0.05, 0) is 24.3 Å². The van der Waals surface area contributed by atoms with Crippen molar-refractivity contribution in [3.05, 3.63) is 90.6 Å². The largest absolute Gasteiger partial charge is 0.497 e. The highest BCUT2D eigenvalue weighted by Crippen LogP contribution is 2.29. The number of hydrogen-bond acceptors (Lipinski definition) is 5. The number of para-hydroxylation sites is 1. The van der Waals surface area contributed by atoms with Crippen LogP contribution in [-0.4, -0.2) is 32.4 Å². The molecule has 0 atom stereocenters. The van der Waals surface area contributed by atoms with Crippen LogP contribution in [0.3, 0.4) is 0 Å². The number of benzene rings is 3. The van der Waals surface area contributed by atoms with Gasteiger partial charge in [0.25, 0.3) is 0 Å². The predicted octanol–water partition coefficient (Wildman–Crippen LogP) is 4.04. The minimum Gasteiger partial charge on any atom is -0.497 e. The summed E-state index contributed by atoms with van der Waals surface area (Å²) in [5.74, 6) is 0.719. The molecule has 0 saturated heterocycles. The zero-order valence-electron chi connectivity index (χ0n) is 17.7. The lowest BCUT2D eigenvalue weighted by Crippen LogP contribution is -2.24. The van der Waals surface area contributed by atoms with Crippen LogP contribution in [0.25, 0.3) is 16.9 Å². The van der Waals surface area contributed by atoms with E-state index in [2.05, 4.69) is 4.72 Å². The van der Waals surface area contributed by atoms with Gasteiger partial charge in [-0.2, -0.15) is 5.10 Å². The molecule has 0 fully saturated rings. The third-order valence-electron chi connectivity index (χ3n) is 4.97. The minimum absolute atomic E-state index is 0.0394. The topological polar surface area (TPSA) is 82.5 Å². The summed E-state index contributed by atoms with van der Waals surface area (Å²) in [7, 11) is -0.916. The first-order valence-electron chi connectivity index (χ1n) is 9.93. The number of hydrogen-bond donors (Lipinski definition) is 1. The number of nitrogens with one attached hydrogen (secondary N) is 1. The lowest BCUT2D eigenvalue weighted by Gasteiger charge is -2.12. The highest BCUT2D eigenvalue weighted by molar-refractivity contribution is 7.89. The highest BCUT2D eigenvalue weighted by Gasteiger charge is 2.21. The summed E-state index contributed by atoms with van der Waals surface area (Å²) < 4.78 is 40.9. The number of ether oxygens (including phenoxy) is 2. The summed E-state index contributed by atoms with van der Waals surface area (Å²) in [4.78, 5) is 0.0394. The Morgan fingerprint density at radius 1 is 0.906 bits per heavy atom. The van der Waals surface area contributed by atoms with Crippen LogP contribution < -0.4 is 14.2 Å². The van der Waals surface area contributed by atoms with Crippen molar-refractivity contribution in [2.75, 3.05) is 14.2 Å². The molecule has 0 aliphatic carbocycles. The first-order valence-corrected chi connectivity index (χ1v) is 11.4. The van der Waals surface area contributed by atoms with E-state index in [1.807, 2.05) is 66.9 Å². The van der Waals surface area contributed by atoms with Gasteiger partial charge in [-0.1, -0.05) is 48.5 Å². The van der Waals surface area contributed by atoms with Gasteiger partial charge in [0.1, 0.15) is 16.4 Å². The van der Waals surface area contributed by atoms with Gasteiger partial charge in [0.05, 0.1) is 25.6 Å². The van der Waals surface area contributed by atoms with E-state index in [9.17, 15) is 8.42 Å². The Labute approximate surface area is 187 Å². The maximum absolute atomic E-state index is 13.1. The van der Waals surface area contributed by atoms with Gasteiger partial charge in [0, 0.05) is 29.9 Å². The van der Waals surface area contributed by atoms with Crippen molar-refractivity contribution in [1.82, 2.24) is 14.5 Å².